The van der Waals surface area contributed by atoms with Crippen molar-refractivity contribution in [2.45, 2.75) is 26.1 Å². The first-order valence-electron chi connectivity index (χ1n) is 6.97. The average Bonchev–Trinajstić information content (AvgIpc) is 2.45. The molecule has 0 aromatic heterocycles. The van der Waals surface area contributed by atoms with Crippen molar-refractivity contribution in [3.05, 3.63) is 65.2 Å². The van der Waals surface area contributed by atoms with Crippen molar-refractivity contribution < 1.29 is 17.9 Å². The Bertz CT molecular complexity index is 623. The molecule has 0 saturated heterocycles. The predicted molar refractivity (Wildman–Crippen MR) is 82.6 cm³/mol. The van der Waals surface area contributed by atoms with Crippen molar-refractivity contribution in [2.24, 2.45) is 0 Å². The highest BCUT2D eigenvalue weighted by molar-refractivity contribution is 5.69. The molecule has 22 heavy (non-hydrogen) atoms. The van der Waals surface area contributed by atoms with Gasteiger partial charge in [0.25, 0.3) is 0 Å². The minimum atomic E-state index is -4.66. The SMILES string of the molecule is CC(C)c1ccc(/C=C/c2ccc(OC(F)(F)F)cc2)cc1. The fourth-order valence-electron chi connectivity index (χ4n) is 1.97. The lowest BCUT2D eigenvalue weighted by Gasteiger charge is -2.08. The summed E-state index contributed by atoms with van der Waals surface area (Å²) in [6.45, 7) is 4.27. The van der Waals surface area contributed by atoms with Crippen LogP contribution in [0.1, 0.15) is 36.5 Å². The Morgan fingerprint density at radius 3 is 1.68 bits per heavy atom. The van der Waals surface area contributed by atoms with Gasteiger partial charge >= 0.3 is 6.36 Å². The molecule has 0 spiro atoms. The quantitative estimate of drug-likeness (QED) is 0.641. The molecule has 0 aliphatic heterocycles. The third kappa shape index (κ3) is 4.95. The molecular weight excluding hydrogens is 289 g/mol. The smallest absolute Gasteiger partial charge is 0.406 e. The summed E-state index contributed by atoms with van der Waals surface area (Å²) in [4.78, 5) is 0. The summed E-state index contributed by atoms with van der Waals surface area (Å²) in [7, 11) is 0. The predicted octanol–water partition coefficient (Wildman–Crippen LogP) is 5.88. The van der Waals surface area contributed by atoms with Crippen LogP contribution in [0.3, 0.4) is 0 Å². The second kappa shape index (κ2) is 6.69. The summed E-state index contributed by atoms with van der Waals surface area (Å²) in [6, 6.07) is 14.0. The Balaban J connectivity index is 2.03. The Morgan fingerprint density at radius 1 is 0.818 bits per heavy atom. The van der Waals surface area contributed by atoms with E-state index in [4.69, 9.17) is 0 Å². The maximum atomic E-state index is 12.1. The van der Waals surface area contributed by atoms with Gasteiger partial charge < -0.3 is 4.74 Å². The first-order chi connectivity index (χ1) is 10.3. The topological polar surface area (TPSA) is 9.23 Å². The van der Waals surface area contributed by atoms with Gasteiger partial charge in [-0.05, 0) is 34.7 Å². The molecule has 2 aromatic rings. The van der Waals surface area contributed by atoms with Gasteiger partial charge in [-0.15, -0.1) is 13.2 Å². The largest absolute Gasteiger partial charge is 0.573 e. The van der Waals surface area contributed by atoms with E-state index < -0.39 is 6.36 Å². The maximum Gasteiger partial charge on any atom is 0.573 e. The van der Waals surface area contributed by atoms with Gasteiger partial charge in [-0.3, -0.25) is 0 Å². The number of rotatable bonds is 4. The molecule has 0 saturated carbocycles. The molecule has 0 aliphatic carbocycles. The van der Waals surface area contributed by atoms with Crippen molar-refractivity contribution in [3.63, 3.8) is 0 Å². The van der Waals surface area contributed by atoms with E-state index in [1.165, 1.54) is 17.7 Å². The van der Waals surface area contributed by atoms with E-state index >= 15 is 0 Å². The van der Waals surface area contributed by atoms with Crippen LogP contribution >= 0.6 is 0 Å². The van der Waals surface area contributed by atoms with Crippen LogP contribution in [0, 0.1) is 0 Å². The lowest BCUT2D eigenvalue weighted by atomic mass is 10.0. The zero-order valence-electron chi connectivity index (χ0n) is 12.4. The summed E-state index contributed by atoms with van der Waals surface area (Å²) < 4.78 is 40.0. The Hall–Kier alpha value is -2.23. The number of halogens is 3. The van der Waals surface area contributed by atoms with E-state index in [1.54, 1.807) is 12.1 Å². The normalized spacial score (nSPS) is 12.1. The molecule has 2 rings (SSSR count). The van der Waals surface area contributed by atoms with Crippen LogP contribution in [0.15, 0.2) is 48.5 Å². The van der Waals surface area contributed by atoms with Gasteiger partial charge in [-0.2, -0.15) is 0 Å². The summed E-state index contributed by atoms with van der Waals surface area (Å²) in [5, 5.41) is 0. The van der Waals surface area contributed by atoms with Crippen LogP contribution in [0.5, 0.6) is 5.75 Å². The summed E-state index contributed by atoms with van der Waals surface area (Å²) in [6.07, 6.45) is -0.888. The summed E-state index contributed by atoms with van der Waals surface area (Å²) in [5.41, 5.74) is 3.12. The van der Waals surface area contributed by atoms with Crippen molar-refractivity contribution in [1.29, 1.82) is 0 Å². The third-order valence-electron chi connectivity index (χ3n) is 3.19. The minimum Gasteiger partial charge on any atom is -0.406 e. The zero-order valence-corrected chi connectivity index (χ0v) is 12.4. The van der Waals surface area contributed by atoms with Crippen molar-refractivity contribution in [1.82, 2.24) is 0 Å². The van der Waals surface area contributed by atoms with Gasteiger partial charge in [0.05, 0.1) is 0 Å². The second-order valence-corrected chi connectivity index (χ2v) is 5.27. The molecule has 0 radical (unpaired) electrons. The van der Waals surface area contributed by atoms with Crippen molar-refractivity contribution >= 4 is 12.2 Å². The number of hydrogen-bond donors (Lipinski definition) is 0. The lowest BCUT2D eigenvalue weighted by molar-refractivity contribution is -0.274. The van der Waals surface area contributed by atoms with E-state index in [-0.39, 0.29) is 5.75 Å². The number of hydrogen-bond acceptors (Lipinski definition) is 1. The Kier molecular flexibility index (Phi) is 4.91. The van der Waals surface area contributed by atoms with E-state index in [2.05, 4.69) is 30.7 Å². The molecule has 0 bridgehead atoms. The summed E-state index contributed by atoms with van der Waals surface area (Å²) in [5.74, 6) is 0.269. The number of ether oxygens (including phenoxy) is 1. The zero-order chi connectivity index (χ0) is 16.2. The highest BCUT2D eigenvalue weighted by Crippen LogP contribution is 2.23. The molecule has 2 aromatic carbocycles. The van der Waals surface area contributed by atoms with Crippen LogP contribution in [0.2, 0.25) is 0 Å². The van der Waals surface area contributed by atoms with Crippen LogP contribution < -0.4 is 4.74 Å². The first-order valence-corrected chi connectivity index (χ1v) is 6.97. The lowest BCUT2D eigenvalue weighted by Crippen LogP contribution is -2.16. The fraction of sp³-hybridized carbons (Fsp3) is 0.222. The highest BCUT2D eigenvalue weighted by atomic mass is 19.4. The van der Waals surface area contributed by atoms with Crippen LogP contribution in [0.4, 0.5) is 13.2 Å². The molecule has 116 valence electrons. The standard InChI is InChI=1S/C18H17F3O/c1-13(2)16-9-5-14(6-10-16)3-4-15-7-11-17(12-8-15)22-18(19,20)21/h3-13H,1-2H3/b4-3+. The minimum absolute atomic E-state index is 0.217. The van der Waals surface area contributed by atoms with Crippen LogP contribution in [0.25, 0.3) is 12.2 Å². The maximum absolute atomic E-state index is 12.1. The molecule has 0 atom stereocenters. The molecule has 0 fully saturated rings. The molecule has 0 amide bonds. The average molecular weight is 306 g/mol. The molecule has 0 aliphatic rings. The van der Waals surface area contributed by atoms with Gasteiger partial charge in [0, 0.05) is 0 Å². The van der Waals surface area contributed by atoms with Crippen molar-refractivity contribution in [3.8, 4) is 5.75 Å². The van der Waals surface area contributed by atoms with Gasteiger partial charge in [-0.25, -0.2) is 0 Å². The molecule has 0 heterocycles. The van der Waals surface area contributed by atoms with Gasteiger partial charge in [0.2, 0.25) is 0 Å². The Morgan fingerprint density at radius 2 is 1.27 bits per heavy atom. The van der Waals surface area contributed by atoms with Gasteiger partial charge in [0.15, 0.2) is 0 Å². The first kappa shape index (κ1) is 16.1. The number of alkyl halides is 3. The van der Waals surface area contributed by atoms with E-state index in [0.29, 0.717) is 5.92 Å². The third-order valence-corrected chi connectivity index (χ3v) is 3.19. The van der Waals surface area contributed by atoms with Crippen molar-refractivity contribution in [2.75, 3.05) is 0 Å². The van der Waals surface area contributed by atoms with E-state index in [9.17, 15) is 13.2 Å². The van der Waals surface area contributed by atoms with Gasteiger partial charge in [0.1, 0.15) is 5.75 Å². The van der Waals surface area contributed by atoms with Crippen LogP contribution in [-0.4, -0.2) is 6.36 Å². The monoisotopic (exact) mass is 306 g/mol. The number of benzene rings is 2. The van der Waals surface area contributed by atoms with Gasteiger partial charge in [-0.1, -0.05) is 62.4 Å². The van der Waals surface area contributed by atoms with Crippen LogP contribution in [-0.2, 0) is 0 Å². The van der Waals surface area contributed by atoms with E-state index in [0.717, 1.165) is 11.1 Å². The van der Waals surface area contributed by atoms with E-state index in [1.807, 2.05) is 24.3 Å². The Labute approximate surface area is 128 Å². The molecule has 4 heteroatoms. The highest BCUT2D eigenvalue weighted by Gasteiger charge is 2.30. The fourth-order valence-corrected chi connectivity index (χ4v) is 1.97. The molecule has 1 nitrogen and oxygen atoms in total. The molecule has 0 N–H and O–H groups in total. The second-order valence-electron chi connectivity index (χ2n) is 5.27. The molecule has 0 unspecified atom stereocenters. The molecular formula is C18H17F3O. The summed E-state index contributed by atoms with van der Waals surface area (Å²) >= 11 is 0.